The number of rotatable bonds is 11. The molecule has 1 N–H and O–H groups in total. The van der Waals surface area contributed by atoms with Crippen molar-refractivity contribution in [3.05, 3.63) is 95.6 Å². The lowest BCUT2D eigenvalue weighted by Crippen LogP contribution is -2.53. The molecule has 0 heterocycles. The maximum atomic E-state index is 14.0. The molecular weight excluding hydrogens is 555 g/mol. The van der Waals surface area contributed by atoms with Crippen LogP contribution in [-0.4, -0.2) is 43.8 Å². The Morgan fingerprint density at radius 3 is 2.15 bits per heavy atom. The molecule has 1 atom stereocenters. The van der Waals surface area contributed by atoms with Crippen LogP contribution in [0.3, 0.4) is 0 Å². The second kappa shape index (κ2) is 13.2. The van der Waals surface area contributed by atoms with Gasteiger partial charge in [-0.1, -0.05) is 55.5 Å². The van der Waals surface area contributed by atoms with E-state index in [1.807, 2.05) is 19.1 Å². The molecule has 0 saturated heterocycles. The van der Waals surface area contributed by atoms with E-state index >= 15 is 0 Å². The highest BCUT2D eigenvalue weighted by Gasteiger charge is 2.36. The van der Waals surface area contributed by atoms with E-state index in [1.54, 1.807) is 39.0 Å². The number of nitrogens with zero attached hydrogens (tertiary/aromatic N) is 2. The lowest BCUT2D eigenvalue weighted by atomic mass is 10.1. The number of sulfonamides is 1. The molecular formula is C30H34F3N3O4S. The van der Waals surface area contributed by atoms with Gasteiger partial charge in [-0.05, 0) is 68.7 Å². The lowest BCUT2D eigenvalue weighted by Gasteiger charge is -2.34. The Labute approximate surface area is 239 Å². The van der Waals surface area contributed by atoms with Gasteiger partial charge in [0.25, 0.3) is 10.0 Å². The molecule has 0 aliphatic carbocycles. The molecule has 0 aliphatic heterocycles. The first kappa shape index (κ1) is 31.7. The fourth-order valence-electron chi connectivity index (χ4n) is 4.36. The topological polar surface area (TPSA) is 86.8 Å². The van der Waals surface area contributed by atoms with E-state index in [0.717, 1.165) is 23.3 Å². The van der Waals surface area contributed by atoms with Crippen molar-refractivity contribution in [1.82, 2.24) is 10.2 Å². The summed E-state index contributed by atoms with van der Waals surface area (Å²) >= 11 is 0. The number of amides is 2. The summed E-state index contributed by atoms with van der Waals surface area (Å²) in [6, 6.07) is 17.1. The maximum absolute atomic E-state index is 14.0. The molecule has 0 unspecified atom stereocenters. The van der Waals surface area contributed by atoms with Gasteiger partial charge >= 0.3 is 6.18 Å². The van der Waals surface area contributed by atoms with E-state index < -0.39 is 46.2 Å². The van der Waals surface area contributed by atoms with Gasteiger partial charge in [0.15, 0.2) is 0 Å². The first-order chi connectivity index (χ1) is 19.3. The lowest BCUT2D eigenvalue weighted by molar-refractivity contribution is -0.140. The van der Waals surface area contributed by atoms with Gasteiger partial charge in [-0.3, -0.25) is 13.9 Å². The van der Waals surface area contributed by atoms with E-state index in [4.69, 9.17) is 0 Å². The molecule has 3 rings (SSSR count). The highest BCUT2D eigenvalue weighted by atomic mass is 32.2. The van der Waals surface area contributed by atoms with Crippen LogP contribution in [0.25, 0.3) is 0 Å². The summed E-state index contributed by atoms with van der Waals surface area (Å²) in [4.78, 5) is 28.3. The Balaban J connectivity index is 2.12. The summed E-state index contributed by atoms with van der Waals surface area (Å²) in [7, 11) is -4.48. The van der Waals surface area contributed by atoms with Crippen molar-refractivity contribution in [3.63, 3.8) is 0 Å². The van der Waals surface area contributed by atoms with Gasteiger partial charge in [0.2, 0.25) is 11.8 Å². The number of anilines is 1. The Bertz CT molecular complexity index is 1460. The normalized spacial score (nSPS) is 12.6. The number of benzene rings is 3. The third kappa shape index (κ3) is 7.87. The van der Waals surface area contributed by atoms with Crippen molar-refractivity contribution in [1.29, 1.82) is 0 Å². The van der Waals surface area contributed by atoms with Crippen LogP contribution in [0.5, 0.6) is 0 Å². The molecule has 0 bridgehead atoms. The largest absolute Gasteiger partial charge is 0.416 e. The predicted octanol–water partition coefficient (Wildman–Crippen LogP) is 5.54. The quantitative estimate of drug-likeness (QED) is 0.318. The molecule has 7 nitrogen and oxygen atoms in total. The number of carbonyl (C=O) groups excluding carboxylic acids is 2. The minimum atomic E-state index is -4.73. The summed E-state index contributed by atoms with van der Waals surface area (Å²) in [6.45, 7) is 6.31. The van der Waals surface area contributed by atoms with Crippen molar-refractivity contribution in [3.8, 4) is 0 Å². The molecule has 0 saturated carbocycles. The number of halogens is 3. The van der Waals surface area contributed by atoms with Crippen molar-refractivity contribution in [2.45, 2.75) is 63.8 Å². The van der Waals surface area contributed by atoms with Gasteiger partial charge < -0.3 is 10.2 Å². The molecule has 41 heavy (non-hydrogen) atoms. The van der Waals surface area contributed by atoms with Crippen LogP contribution in [0.1, 0.15) is 43.9 Å². The average Bonchev–Trinajstić information content (AvgIpc) is 2.92. The molecule has 11 heteroatoms. The number of carbonyl (C=O) groups is 2. The SMILES string of the molecule is CC[C@H](C(=O)NC(C)C)N(Cc1ccccc1C)C(=O)CN(c1cccc(C(F)(F)F)c1)S(=O)(=O)c1ccccc1. The van der Waals surface area contributed by atoms with Crippen LogP contribution >= 0.6 is 0 Å². The third-order valence-corrected chi connectivity index (χ3v) is 8.28. The fourth-order valence-corrected chi connectivity index (χ4v) is 5.78. The number of aryl methyl sites for hydroxylation is 1. The maximum Gasteiger partial charge on any atom is 0.416 e. The van der Waals surface area contributed by atoms with Crippen molar-refractivity contribution >= 4 is 27.5 Å². The Kier molecular flexibility index (Phi) is 10.2. The Morgan fingerprint density at radius 2 is 1.56 bits per heavy atom. The first-order valence-electron chi connectivity index (χ1n) is 13.1. The first-order valence-corrected chi connectivity index (χ1v) is 14.6. The molecule has 3 aromatic rings. The van der Waals surface area contributed by atoms with E-state index in [-0.39, 0.29) is 29.6 Å². The van der Waals surface area contributed by atoms with Gasteiger partial charge in [-0.15, -0.1) is 0 Å². The van der Waals surface area contributed by atoms with Crippen LogP contribution in [0.2, 0.25) is 0 Å². The second-order valence-corrected chi connectivity index (χ2v) is 11.8. The molecule has 0 fully saturated rings. The molecule has 0 aromatic heterocycles. The Hall–Kier alpha value is -3.86. The number of alkyl halides is 3. The minimum absolute atomic E-state index is 0.00263. The van der Waals surface area contributed by atoms with Crippen LogP contribution in [-0.2, 0) is 32.3 Å². The van der Waals surface area contributed by atoms with Crippen LogP contribution in [0.4, 0.5) is 18.9 Å². The summed E-state index contributed by atoms with van der Waals surface area (Å²) in [5.41, 5.74) is 0.215. The van der Waals surface area contributed by atoms with Crippen LogP contribution < -0.4 is 9.62 Å². The van der Waals surface area contributed by atoms with Gasteiger partial charge in [0.05, 0.1) is 16.1 Å². The zero-order valence-corrected chi connectivity index (χ0v) is 24.2. The second-order valence-electron chi connectivity index (χ2n) is 9.91. The molecule has 0 radical (unpaired) electrons. The summed E-state index contributed by atoms with van der Waals surface area (Å²) in [5.74, 6) is -1.16. The standard InChI is InChI=1S/C30H34F3N3O4S/c1-5-27(29(38)34-21(2)3)35(19-23-13-10-9-12-22(23)4)28(37)20-36(41(39,40)26-16-7-6-8-17-26)25-15-11-14-24(18-25)30(31,32)33/h6-18,21,27H,5,19-20H2,1-4H3,(H,34,38)/t27-/m1/s1. The van der Waals surface area contributed by atoms with Gasteiger partial charge in [-0.2, -0.15) is 13.2 Å². The number of nitrogens with one attached hydrogen (secondary N) is 1. The Morgan fingerprint density at radius 1 is 0.927 bits per heavy atom. The van der Waals surface area contributed by atoms with Gasteiger partial charge in [0, 0.05) is 12.6 Å². The van der Waals surface area contributed by atoms with Crippen LogP contribution in [0.15, 0.2) is 83.8 Å². The molecule has 220 valence electrons. The fraction of sp³-hybridized carbons (Fsp3) is 0.333. The van der Waals surface area contributed by atoms with Gasteiger partial charge in [0.1, 0.15) is 12.6 Å². The molecule has 0 spiro atoms. The highest BCUT2D eigenvalue weighted by molar-refractivity contribution is 7.92. The summed E-state index contributed by atoms with van der Waals surface area (Å²) in [6.07, 6.45) is -4.51. The number of hydrogen-bond donors (Lipinski definition) is 1. The van der Waals surface area contributed by atoms with Gasteiger partial charge in [-0.25, -0.2) is 8.42 Å². The summed E-state index contributed by atoms with van der Waals surface area (Å²) in [5, 5.41) is 2.81. The van der Waals surface area contributed by atoms with E-state index in [1.165, 1.54) is 35.2 Å². The van der Waals surface area contributed by atoms with Crippen molar-refractivity contribution < 1.29 is 31.2 Å². The minimum Gasteiger partial charge on any atom is -0.352 e. The zero-order chi connectivity index (χ0) is 30.4. The average molecular weight is 590 g/mol. The van der Waals surface area contributed by atoms with E-state index in [9.17, 15) is 31.2 Å². The predicted molar refractivity (Wildman–Crippen MR) is 152 cm³/mol. The van der Waals surface area contributed by atoms with Crippen LogP contribution in [0, 0.1) is 6.92 Å². The smallest absolute Gasteiger partial charge is 0.352 e. The van der Waals surface area contributed by atoms with E-state index in [0.29, 0.717) is 10.4 Å². The molecule has 2 amide bonds. The number of hydrogen-bond acceptors (Lipinski definition) is 4. The third-order valence-electron chi connectivity index (χ3n) is 6.49. The van der Waals surface area contributed by atoms with Crippen molar-refractivity contribution in [2.24, 2.45) is 0 Å². The monoisotopic (exact) mass is 589 g/mol. The molecule has 3 aromatic carbocycles. The van der Waals surface area contributed by atoms with E-state index in [2.05, 4.69) is 5.32 Å². The zero-order valence-electron chi connectivity index (χ0n) is 23.4. The molecule has 0 aliphatic rings. The highest BCUT2D eigenvalue weighted by Crippen LogP contribution is 2.33. The summed E-state index contributed by atoms with van der Waals surface area (Å²) < 4.78 is 69.0. The van der Waals surface area contributed by atoms with Crippen molar-refractivity contribution in [2.75, 3.05) is 10.8 Å².